The number of benzene rings is 1. The van der Waals surface area contributed by atoms with Crippen LogP contribution < -0.4 is 0 Å². The maximum atomic E-state index is 12.6. The molecule has 1 aromatic carbocycles. The molecule has 1 aliphatic heterocycles. The third-order valence-corrected chi connectivity index (χ3v) is 4.61. The van der Waals surface area contributed by atoms with E-state index in [1.807, 2.05) is 0 Å². The highest BCUT2D eigenvalue weighted by molar-refractivity contribution is 5.26. The minimum Gasteiger partial charge on any atom is -0.387 e. The van der Waals surface area contributed by atoms with Crippen LogP contribution in [-0.4, -0.2) is 42.4 Å². The molecule has 0 spiro atoms. The molecule has 1 heterocycles. The van der Waals surface area contributed by atoms with E-state index in [0.717, 1.165) is 51.2 Å². The van der Waals surface area contributed by atoms with E-state index in [-0.39, 0.29) is 0 Å². The van der Waals surface area contributed by atoms with Crippen LogP contribution >= 0.6 is 0 Å². The number of hydrogen-bond donors (Lipinski definition) is 1. The van der Waals surface area contributed by atoms with Crippen molar-refractivity contribution in [2.45, 2.75) is 37.6 Å². The molecule has 128 valence electrons. The molecule has 0 radical (unpaired) electrons. The summed E-state index contributed by atoms with van der Waals surface area (Å²) in [6, 6.07) is 5.31. The van der Waals surface area contributed by atoms with E-state index < -0.39 is 17.8 Å². The minimum absolute atomic E-state index is 0.465. The monoisotopic (exact) mass is 329 g/mol. The van der Waals surface area contributed by atoms with Gasteiger partial charge in [-0.05, 0) is 42.9 Å². The van der Waals surface area contributed by atoms with Gasteiger partial charge < -0.3 is 9.84 Å². The van der Waals surface area contributed by atoms with Crippen molar-refractivity contribution in [1.82, 2.24) is 4.90 Å². The molecule has 0 amide bonds. The van der Waals surface area contributed by atoms with Crippen molar-refractivity contribution < 1.29 is 23.0 Å². The average molecular weight is 329 g/mol. The first-order chi connectivity index (χ1) is 10.9. The lowest BCUT2D eigenvalue weighted by Crippen LogP contribution is -2.35. The molecule has 1 aromatic rings. The van der Waals surface area contributed by atoms with E-state index >= 15 is 0 Å². The Labute approximate surface area is 134 Å². The van der Waals surface area contributed by atoms with Crippen LogP contribution in [0.1, 0.15) is 36.5 Å². The number of rotatable bonds is 6. The zero-order chi connectivity index (χ0) is 16.4. The Hall–Kier alpha value is -1.11. The molecule has 1 N–H and O–H groups in total. The fourth-order valence-electron chi connectivity index (χ4n) is 3.09. The Morgan fingerprint density at radius 1 is 1.17 bits per heavy atom. The molecule has 1 saturated heterocycles. The molecule has 2 fully saturated rings. The molecular formula is C17H22F3NO2. The van der Waals surface area contributed by atoms with Crippen LogP contribution in [0.25, 0.3) is 0 Å². The summed E-state index contributed by atoms with van der Waals surface area (Å²) in [6.45, 7) is 2.92. The standard InChI is InChI=1S/C17H22F3NO2/c18-17(19,20)14-3-1-13(2-4-14)16(22)10-21(15-5-6-15)9-12-7-8-23-11-12/h1-4,12,15-16,22H,5-11H2/t12-,16+/m1/s1. The van der Waals surface area contributed by atoms with Gasteiger partial charge in [0.2, 0.25) is 0 Å². The summed E-state index contributed by atoms with van der Waals surface area (Å²) in [6.07, 6.45) is -1.80. The molecule has 2 atom stereocenters. The van der Waals surface area contributed by atoms with Gasteiger partial charge in [-0.1, -0.05) is 12.1 Å². The van der Waals surface area contributed by atoms with Gasteiger partial charge in [-0.15, -0.1) is 0 Å². The summed E-state index contributed by atoms with van der Waals surface area (Å²) in [5.41, 5.74) is -0.151. The molecule has 1 aliphatic carbocycles. The number of nitrogens with zero attached hydrogens (tertiary/aromatic N) is 1. The van der Waals surface area contributed by atoms with Gasteiger partial charge in [-0.3, -0.25) is 4.90 Å². The van der Waals surface area contributed by atoms with E-state index in [9.17, 15) is 18.3 Å². The zero-order valence-corrected chi connectivity index (χ0v) is 12.9. The Balaban J connectivity index is 1.60. The van der Waals surface area contributed by atoms with E-state index in [1.54, 1.807) is 0 Å². The van der Waals surface area contributed by atoms with Gasteiger partial charge in [0.15, 0.2) is 0 Å². The van der Waals surface area contributed by atoms with Gasteiger partial charge in [-0.25, -0.2) is 0 Å². The average Bonchev–Trinajstić information content (AvgIpc) is 3.24. The van der Waals surface area contributed by atoms with Crippen molar-refractivity contribution in [2.75, 3.05) is 26.3 Å². The molecule has 2 aliphatic rings. The minimum atomic E-state index is -4.34. The maximum Gasteiger partial charge on any atom is 0.416 e. The lowest BCUT2D eigenvalue weighted by molar-refractivity contribution is -0.137. The topological polar surface area (TPSA) is 32.7 Å². The first-order valence-electron chi connectivity index (χ1n) is 8.10. The predicted octanol–water partition coefficient (Wildman–Crippen LogP) is 3.24. The summed E-state index contributed by atoms with van der Waals surface area (Å²) in [5.74, 6) is 0.496. The largest absolute Gasteiger partial charge is 0.416 e. The second-order valence-electron chi connectivity index (χ2n) is 6.55. The van der Waals surface area contributed by atoms with Crippen LogP contribution in [0.3, 0.4) is 0 Å². The fraction of sp³-hybridized carbons (Fsp3) is 0.647. The smallest absolute Gasteiger partial charge is 0.387 e. The van der Waals surface area contributed by atoms with Crippen molar-refractivity contribution in [3.63, 3.8) is 0 Å². The molecule has 0 bridgehead atoms. The van der Waals surface area contributed by atoms with Crippen LogP contribution in [0, 0.1) is 5.92 Å². The number of hydrogen-bond acceptors (Lipinski definition) is 3. The third kappa shape index (κ3) is 4.46. The van der Waals surface area contributed by atoms with Gasteiger partial charge in [0.1, 0.15) is 0 Å². The highest BCUT2D eigenvalue weighted by Gasteiger charge is 2.33. The third-order valence-electron chi connectivity index (χ3n) is 4.61. The number of aliphatic hydroxyl groups excluding tert-OH is 1. The van der Waals surface area contributed by atoms with Crippen LogP contribution in [0.15, 0.2) is 24.3 Å². The lowest BCUT2D eigenvalue weighted by Gasteiger charge is -2.27. The Morgan fingerprint density at radius 2 is 1.87 bits per heavy atom. The first kappa shape index (κ1) is 16.7. The van der Waals surface area contributed by atoms with Crippen LogP contribution in [0.2, 0.25) is 0 Å². The van der Waals surface area contributed by atoms with Crippen molar-refractivity contribution in [1.29, 1.82) is 0 Å². The van der Waals surface area contributed by atoms with E-state index in [1.165, 1.54) is 12.1 Å². The number of alkyl halides is 3. The molecule has 3 nitrogen and oxygen atoms in total. The predicted molar refractivity (Wildman–Crippen MR) is 79.9 cm³/mol. The van der Waals surface area contributed by atoms with E-state index in [2.05, 4.69) is 4.90 Å². The van der Waals surface area contributed by atoms with Gasteiger partial charge >= 0.3 is 6.18 Å². The van der Waals surface area contributed by atoms with Crippen molar-refractivity contribution in [2.24, 2.45) is 5.92 Å². The van der Waals surface area contributed by atoms with Crippen LogP contribution in [0.5, 0.6) is 0 Å². The zero-order valence-electron chi connectivity index (χ0n) is 12.9. The van der Waals surface area contributed by atoms with Crippen LogP contribution in [-0.2, 0) is 10.9 Å². The second-order valence-corrected chi connectivity index (χ2v) is 6.55. The summed E-state index contributed by atoms with van der Waals surface area (Å²) in [7, 11) is 0. The summed E-state index contributed by atoms with van der Waals surface area (Å²) in [5, 5.41) is 10.4. The molecule has 3 rings (SSSR count). The second kappa shape index (κ2) is 6.79. The lowest BCUT2D eigenvalue weighted by atomic mass is 10.0. The van der Waals surface area contributed by atoms with Gasteiger partial charge in [0, 0.05) is 25.7 Å². The van der Waals surface area contributed by atoms with E-state index in [4.69, 9.17) is 4.74 Å². The SMILES string of the molecule is O[C@@H](CN(C[C@H]1CCOC1)C1CC1)c1ccc(C(F)(F)F)cc1. The van der Waals surface area contributed by atoms with E-state index in [0.29, 0.717) is 24.1 Å². The van der Waals surface area contributed by atoms with Gasteiger partial charge in [0.25, 0.3) is 0 Å². The molecule has 23 heavy (non-hydrogen) atoms. The molecular weight excluding hydrogens is 307 g/mol. The number of halogens is 3. The van der Waals surface area contributed by atoms with Gasteiger partial charge in [-0.2, -0.15) is 13.2 Å². The summed E-state index contributed by atoms with van der Waals surface area (Å²) in [4.78, 5) is 2.27. The molecule has 0 unspecified atom stereocenters. The molecule has 1 saturated carbocycles. The van der Waals surface area contributed by atoms with Gasteiger partial charge in [0.05, 0.1) is 18.3 Å². The highest BCUT2D eigenvalue weighted by Crippen LogP contribution is 2.32. The Bertz CT molecular complexity index is 508. The number of ether oxygens (including phenoxy) is 1. The molecule has 6 heteroatoms. The van der Waals surface area contributed by atoms with Crippen molar-refractivity contribution in [3.05, 3.63) is 35.4 Å². The summed E-state index contributed by atoms with van der Waals surface area (Å²) < 4.78 is 43.2. The Kier molecular flexibility index (Phi) is 4.94. The normalized spacial score (nSPS) is 23.4. The Morgan fingerprint density at radius 3 is 2.39 bits per heavy atom. The first-order valence-corrected chi connectivity index (χ1v) is 8.10. The van der Waals surface area contributed by atoms with Crippen molar-refractivity contribution in [3.8, 4) is 0 Å². The maximum absolute atomic E-state index is 12.6. The van der Waals surface area contributed by atoms with Crippen LogP contribution in [0.4, 0.5) is 13.2 Å². The molecule has 0 aromatic heterocycles. The summed E-state index contributed by atoms with van der Waals surface area (Å²) >= 11 is 0. The fourth-order valence-corrected chi connectivity index (χ4v) is 3.09. The quantitative estimate of drug-likeness (QED) is 0.870. The van der Waals surface area contributed by atoms with Crippen molar-refractivity contribution >= 4 is 0 Å². The number of aliphatic hydroxyl groups is 1. The highest BCUT2D eigenvalue weighted by atomic mass is 19.4.